The Hall–Kier alpha value is -2.95. The van der Waals surface area contributed by atoms with Crippen LogP contribution in [0.15, 0.2) is 33.5 Å². The van der Waals surface area contributed by atoms with Crippen molar-refractivity contribution in [2.75, 3.05) is 36.0 Å². The summed E-state index contributed by atoms with van der Waals surface area (Å²) in [5.41, 5.74) is 7.75. The Kier molecular flexibility index (Phi) is 5.36. The normalized spacial score (nSPS) is 15.2. The SMILES string of the molecule is CCN(CC)c1ccc(Cc2c(C)c3cc4c5c(c3oc2=O)CCCN5CCC4)c(O)c1. The highest BCUT2D eigenvalue weighted by atomic mass is 16.4. The molecule has 0 aliphatic carbocycles. The van der Waals surface area contributed by atoms with Gasteiger partial charge in [-0.1, -0.05) is 6.07 Å². The molecular formula is C27H32N2O3. The lowest BCUT2D eigenvalue weighted by molar-refractivity contribution is 0.468. The van der Waals surface area contributed by atoms with E-state index in [0.717, 1.165) is 73.2 Å². The van der Waals surface area contributed by atoms with Gasteiger partial charge in [-0.15, -0.1) is 0 Å². The molecule has 0 atom stereocenters. The molecule has 0 saturated heterocycles. The Bertz CT molecular complexity index is 1240. The second-order valence-corrected chi connectivity index (χ2v) is 9.09. The number of anilines is 2. The van der Waals surface area contributed by atoms with Gasteiger partial charge in [-0.3, -0.25) is 0 Å². The molecule has 2 aliphatic rings. The van der Waals surface area contributed by atoms with Gasteiger partial charge in [-0.05, 0) is 75.3 Å². The van der Waals surface area contributed by atoms with E-state index in [-0.39, 0.29) is 11.4 Å². The van der Waals surface area contributed by atoms with Crippen molar-refractivity contribution in [2.45, 2.75) is 52.9 Å². The summed E-state index contributed by atoms with van der Waals surface area (Å²) in [7, 11) is 0. The lowest BCUT2D eigenvalue weighted by Gasteiger charge is -2.37. The van der Waals surface area contributed by atoms with Crippen LogP contribution in [0.25, 0.3) is 11.0 Å². The summed E-state index contributed by atoms with van der Waals surface area (Å²) in [6.45, 7) is 10.2. The lowest BCUT2D eigenvalue weighted by Crippen LogP contribution is -2.34. The van der Waals surface area contributed by atoms with Gasteiger partial charge in [0.15, 0.2) is 0 Å². The molecule has 3 heterocycles. The van der Waals surface area contributed by atoms with Gasteiger partial charge in [0.05, 0.1) is 0 Å². The molecule has 0 bridgehead atoms. The molecule has 0 radical (unpaired) electrons. The average Bonchev–Trinajstić information content (AvgIpc) is 2.80. The van der Waals surface area contributed by atoms with E-state index >= 15 is 0 Å². The molecule has 0 fully saturated rings. The molecule has 0 amide bonds. The topological polar surface area (TPSA) is 56.9 Å². The van der Waals surface area contributed by atoms with Crippen molar-refractivity contribution in [1.29, 1.82) is 0 Å². The summed E-state index contributed by atoms with van der Waals surface area (Å²) in [6.07, 6.45) is 4.69. The van der Waals surface area contributed by atoms with Gasteiger partial charge in [0.2, 0.25) is 0 Å². The Morgan fingerprint density at radius 3 is 2.56 bits per heavy atom. The molecule has 0 unspecified atom stereocenters. The molecule has 1 N–H and O–H groups in total. The van der Waals surface area contributed by atoms with Crippen molar-refractivity contribution in [3.63, 3.8) is 0 Å². The second-order valence-electron chi connectivity index (χ2n) is 9.09. The van der Waals surface area contributed by atoms with E-state index in [1.165, 1.54) is 23.2 Å². The zero-order chi connectivity index (χ0) is 22.4. The molecule has 2 aliphatic heterocycles. The monoisotopic (exact) mass is 432 g/mol. The van der Waals surface area contributed by atoms with Crippen LogP contribution < -0.4 is 15.4 Å². The molecule has 0 saturated carbocycles. The first-order valence-corrected chi connectivity index (χ1v) is 11.9. The smallest absolute Gasteiger partial charge is 0.340 e. The van der Waals surface area contributed by atoms with Gasteiger partial charge < -0.3 is 19.3 Å². The third kappa shape index (κ3) is 3.35. The quantitative estimate of drug-likeness (QED) is 0.579. The molecule has 0 spiro atoms. The number of nitrogens with zero attached hydrogens (tertiary/aromatic N) is 2. The Labute approximate surface area is 189 Å². The largest absolute Gasteiger partial charge is 0.508 e. The van der Waals surface area contributed by atoms with Crippen molar-refractivity contribution in [1.82, 2.24) is 0 Å². The molecular weight excluding hydrogens is 400 g/mol. The highest BCUT2D eigenvalue weighted by Gasteiger charge is 2.28. The van der Waals surface area contributed by atoms with E-state index in [4.69, 9.17) is 4.42 Å². The van der Waals surface area contributed by atoms with Crippen molar-refractivity contribution in [2.24, 2.45) is 0 Å². The first-order valence-electron chi connectivity index (χ1n) is 11.9. The van der Waals surface area contributed by atoms with E-state index in [1.54, 1.807) is 6.07 Å². The van der Waals surface area contributed by atoms with E-state index < -0.39 is 0 Å². The molecule has 5 rings (SSSR count). The summed E-state index contributed by atoms with van der Waals surface area (Å²) in [5.74, 6) is 0.226. The fourth-order valence-corrected chi connectivity index (χ4v) is 5.58. The fourth-order valence-electron chi connectivity index (χ4n) is 5.58. The number of phenolic OH excluding ortho intramolecular Hbond substituents is 1. The van der Waals surface area contributed by atoms with Gasteiger partial charge >= 0.3 is 5.63 Å². The maximum Gasteiger partial charge on any atom is 0.340 e. The Morgan fingerprint density at radius 1 is 1.09 bits per heavy atom. The highest BCUT2D eigenvalue weighted by Crippen LogP contribution is 2.41. The Balaban J connectivity index is 1.59. The number of aromatic hydroxyl groups is 1. The van der Waals surface area contributed by atoms with Crippen LogP contribution in [0.5, 0.6) is 5.75 Å². The lowest BCUT2D eigenvalue weighted by atomic mass is 9.88. The fraction of sp³-hybridized carbons (Fsp3) is 0.444. The van der Waals surface area contributed by atoms with Crippen LogP contribution in [-0.4, -0.2) is 31.3 Å². The van der Waals surface area contributed by atoms with E-state index in [1.807, 2.05) is 19.1 Å². The van der Waals surface area contributed by atoms with E-state index in [9.17, 15) is 9.90 Å². The summed E-state index contributed by atoms with van der Waals surface area (Å²) in [6, 6.07) is 8.00. The van der Waals surface area contributed by atoms with Crippen LogP contribution in [0.4, 0.5) is 11.4 Å². The highest BCUT2D eigenvalue weighted by molar-refractivity contribution is 5.91. The van der Waals surface area contributed by atoms with Gasteiger partial charge in [0.25, 0.3) is 0 Å². The number of fused-ring (bicyclic) bond motifs is 2. The summed E-state index contributed by atoms with van der Waals surface area (Å²) in [4.78, 5) is 17.8. The summed E-state index contributed by atoms with van der Waals surface area (Å²) < 4.78 is 5.98. The van der Waals surface area contributed by atoms with Crippen LogP contribution in [0.3, 0.4) is 0 Å². The third-order valence-corrected chi connectivity index (χ3v) is 7.34. The molecule has 168 valence electrons. The van der Waals surface area contributed by atoms with E-state index in [2.05, 4.69) is 29.7 Å². The first kappa shape index (κ1) is 20.9. The van der Waals surface area contributed by atoms with Gasteiger partial charge in [-0.25, -0.2) is 4.79 Å². The van der Waals surface area contributed by atoms with E-state index in [0.29, 0.717) is 12.0 Å². The summed E-state index contributed by atoms with van der Waals surface area (Å²) >= 11 is 0. The van der Waals surface area contributed by atoms with Crippen LogP contribution in [0.2, 0.25) is 0 Å². The third-order valence-electron chi connectivity index (χ3n) is 7.34. The average molecular weight is 433 g/mol. The zero-order valence-corrected chi connectivity index (χ0v) is 19.3. The maximum absolute atomic E-state index is 13.1. The zero-order valence-electron chi connectivity index (χ0n) is 19.3. The second kappa shape index (κ2) is 8.19. The predicted molar refractivity (Wildman–Crippen MR) is 131 cm³/mol. The van der Waals surface area contributed by atoms with Crippen LogP contribution >= 0.6 is 0 Å². The van der Waals surface area contributed by atoms with Crippen LogP contribution in [-0.2, 0) is 19.3 Å². The molecule has 3 aromatic rings. The first-order chi connectivity index (χ1) is 15.5. The van der Waals surface area contributed by atoms with Crippen molar-refractivity contribution in [3.8, 4) is 5.75 Å². The number of aryl methyl sites for hydroxylation is 3. The van der Waals surface area contributed by atoms with Crippen molar-refractivity contribution < 1.29 is 9.52 Å². The molecule has 5 nitrogen and oxygen atoms in total. The van der Waals surface area contributed by atoms with Crippen molar-refractivity contribution >= 4 is 22.3 Å². The number of benzene rings is 2. The molecule has 2 aromatic carbocycles. The van der Waals surface area contributed by atoms with Gasteiger partial charge in [-0.2, -0.15) is 0 Å². The standard InChI is InChI=1S/C27H32N2O3/c1-4-28(5-2)20-11-10-18(24(30)16-20)14-23-17(3)22-15-19-8-6-12-29-13-7-9-21(25(19)29)26(22)32-27(23)31/h10-11,15-16,30H,4-9,12-14H2,1-3H3. The maximum atomic E-state index is 13.1. The van der Waals surface area contributed by atoms with Gasteiger partial charge in [0, 0.05) is 66.6 Å². The molecule has 5 heteroatoms. The van der Waals surface area contributed by atoms with Crippen molar-refractivity contribution in [3.05, 3.63) is 62.5 Å². The van der Waals surface area contributed by atoms with Crippen LogP contribution in [0.1, 0.15) is 54.5 Å². The summed E-state index contributed by atoms with van der Waals surface area (Å²) in [5, 5.41) is 11.8. The van der Waals surface area contributed by atoms with Gasteiger partial charge in [0.1, 0.15) is 11.3 Å². The Morgan fingerprint density at radius 2 is 1.84 bits per heavy atom. The molecule has 32 heavy (non-hydrogen) atoms. The number of hydrogen-bond donors (Lipinski definition) is 1. The predicted octanol–water partition coefficient (Wildman–Crippen LogP) is 4.94. The van der Waals surface area contributed by atoms with Crippen LogP contribution in [0, 0.1) is 6.92 Å². The molecule has 1 aromatic heterocycles. The number of phenols is 1. The number of rotatable bonds is 5. The minimum atomic E-state index is -0.286. The number of hydrogen-bond acceptors (Lipinski definition) is 5. The minimum absolute atomic E-state index is 0.226. The minimum Gasteiger partial charge on any atom is -0.508 e.